The van der Waals surface area contributed by atoms with Gasteiger partial charge in [-0.25, -0.2) is 0 Å². The molecule has 0 aliphatic heterocycles. The molecule has 0 aliphatic rings. The van der Waals surface area contributed by atoms with Crippen LogP contribution in [0.15, 0.2) is 0 Å². The molecule has 0 aromatic carbocycles. The largest absolute Gasteiger partial charge is 0.459 e. The number of hydrogen-bond acceptors (Lipinski definition) is 4. The Morgan fingerprint density at radius 3 is 1.29 bits per heavy atom. The lowest BCUT2D eigenvalue weighted by molar-refractivity contribution is -0.165. The van der Waals surface area contributed by atoms with Crippen LogP contribution in [0.25, 0.3) is 0 Å². The first kappa shape index (κ1) is 22.9. The van der Waals surface area contributed by atoms with Crippen molar-refractivity contribution in [2.45, 2.75) is 117 Å². The summed E-state index contributed by atoms with van der Waals surface area (Å²) in [6.07, 6.45) is 11.2. The fourth-order valence-electron chi connectivity index (χ4n) is 2.47. The first-order chi connectivity index (χ1) is 11.5. The molecule has 4 nitrogen and oxygen atoms in total. The number of esters is 2. The van der Waals surface area contributed by atoms with Gasteiger partial charge in [-0.3, -0.25) is 9.59 Å². The summed E-state index contributed by atoms with van der Waals surface area (Å²) in [5, 5.41) is 0. The van der Waals surface area contributed by atoms with Crippen molar-refractivity contribution >= 4 is 11.9 Å². The number of ether oxygens (including phenoxy) is 2. The highest BCUT2D eigenvalue weighted by Gasteiger charge is 2.20. The third-order valence-corrected chi connectivity index (χ3v) is 4.26. The minimum atomic E-state index is -0.391. The molecular weight excluding hydrogens is 304 g/mol. The van der Waals surface area contributed by atoms with E-state index >= 15 is 0 Å². The second-order valence-electron chi connectivity index (χ2n) is 6.72. The molecule has 0 bridgehead atoms. The van der Waals surface area contributed by atoms with Crippen LogP contribution in [0.5, 0.6) is 0 Å². The molecule has 0 aliphatic carbocycles. The molecule has 0 amide bonds. The molecule has 0 aromatic rings. The molecule has 0 N–H and O–H groups in total. The fraction of sp³-hybridized carbons (Fsp3) is 0.900. The first-order valence-corrected chi connectivity index (χ1v) is 9.90. The summed E-state index contributed by atoms with van der Waals surface area (Å²) in [5.41, 5.74) is 0. The van der Waals surface area contributed by atoms with Gasteiger partial charge in [0.2, 0.25) is 0 Å². The summed E-state index contributed by atoms with van der Waals surface area (Å²) in [6.45, 7) is 7.91. The zero-order valence-corrected chi connectivity index (χ0v) is 16.3. The van der Waals surface area contributed by atoms with E-state index in [9.17, 15) is 9.59 Å². The maximum atomic E-state index is 11.8. The van der Waals surface area contributed by atoms with Crippen LogP contribution in [0.1, 0.15) is 105 Å². The highest BCUT2D eigenvalue weighted by atomic mass is 16.6. The summed E-state index contributed by atoms with van der Waals surface area (Å²) in [7, 11) is 0. The second-order valence-corrected chi connectivity index (χ2v) is 6.72. The number of rotatable bonds is 15. The molecule has 24 heavy (non-hydrogen) atoms. The van der Waals surface area contributed by atoms with Crippen molar-refractivity contribution in [1.82, 2.24) is 0 Å². The molecule has 0 saturated heterocycles. The summed E-state index contributed by atoms with van der Waals surface area (Å²) in [4.78, 5) is 23.6. The number of unbranched alkanes of at least 4 members (excludes halogenated alkanes) is 8. The molecule has 0 fully saturated rings. The van der Waals surface area contributed by atoms with Crippen LogP contribution in [0.2, 0.25) is 0 Å². The van der Waals surface area contributed by atoms with Gasteiger partial charge in [0.1, 0.15) is 12.2 Å². The Hall–Kier alpha value is -1.06. The van der Waals surface area contributed by atoms with Crippen molar-refractivity contribution < 1.29 is 19.1 Å². The van der Waals surface area contributed by atoms with E-state index in [-0.39, 0.29) is 11.9 Å². The summed E-state index contributed by atoms with van der Waals surface area (Å²) in [5.74, 6) is -0.386. The summed E-state index contributed by atoms with van der Waals surface area (Å²) in [6, 6.07) is 0. The standard InChI is InChI=1S/C20H38O4/c1-5-7-9-11-13-15-19(21)23-17(3)18(4)24-20(22)16-14-12-10-8-6-2/h17-18H,5-16H2,1-4H3. The predicted molar refractivity (Wildman–Crippen MR) is 97.9 cm³/mol. The SMILES string of the molecule is CCCCCCCC(=O)OC(C)C(C)OC(=O)CCCCCCC. The van der Waals surface area contributed by atoms with Crippen molar-refractivity contribution in [2.75, 3.05) is 0 Å². The Kier molecular flexibility index (Phi) is 14.8. The Morgan fingerprint density at radius 1 is 0.625 bits per heavy atom. The van der Waals surface area contributed by atoms with Gasteiger partial charge in [-0.05, 0) is 26.7 Å². The average molecular weight is 343 g/mol. The minimum Gasteiger partial charge on any atom is -0.459 e. The smallest absolute Gasteiger partial charge is 0.306 e. The summed E-state index contributed by atoms with van der Waals surface area (Å²) < 4.78 is 10.7. The van der Waals surface area contributed by atoms with Crippen LogP contribution in [0.4, 0.5) is 0 Å². The van der Waals surface area contributed by atoms with Gasteiger partial charge < -0.3 is 9.47 Å². The number of hydrogen-bond donors (Lipinski definition) is 0. The maximum Gasteiger partial charge on any atom is 0.306 e. The number of carbonyl (C=O) groups excluding carboxylic acids is 2. The van der Waals surface area contributed by atoms with E-state index in [4.69, 9.17) is 9.47 Å². The molecule has 142 valence electrons. The zero-order chi connectivity index (χ0) is 18.2. The Balaban J connectivity index is 3.78. The van der Waals surface area contributed by atoms with E-state index in [2.05, 4.69) is 13.8 Å². The van der Waals surface area contributed by atoms with Crippen LogP contribution in [-0.4, -0.2) is 24.1 Å². The van der Waals surface area contributed by atoms with Crippen molar-refractivity contribution in [1.29, 1.82) is 0 Å². The van der Waals surface area contributed by atoms with Gasteiger partial charge in [0, 0.05) is 12.8 Å². The van der Waals surface area contributed by atoms with E-state index in [1.807, 2.05) is 0 Å². The lowest BCUT2D eigenvalue weighted by atomic mass is 10.1. The van der Waals surface area contributed by atoms with Gasteiger partial charge in [-0.1, -0.05) is 65.2 Å². The van der Waals surface area contributed by atoms with Crippen LogP contribution >= 0.6 is 0 Å². The number of carbonyl (C=O) groups is 2. The van der Waals surface area contributed by atoms with E-state index in [1.165, 1.54) is 38.5 Å². The topological polar surface area (TPSA) is 52.6 Å². The Morgan fingerprint density at radius 2 is 0.958 bits per heavy atom. The van der Waals surface area contributed by atoms with E-state index < -0.39 is 12.2 Å². The molecule has 0 saturated carbocycles. The monoisotopic (exact) mass is 342 g/mol. The highest BCUT2D eigenvalue weighted by molar-refractivity contribution is 5.70. The van der Waals surface area contributed by atoms with E-state index in [1.54, 1.807) is 13.8 Å². The van der Waals surface area contributed by atoms with Crippen molar-refractivity contribution in [3.63, 3.8) is 0 Å². The Labute approximate surface area is 148 Å². The van der Waals surface area contributed by atoms with E-state index in [0.29, 0.717) is 12.8 Å². The predicted octanol–water partition coefficient (Wildman–Crippen LogP) is 5.57. The van der Waals surface area contributed by atoms with E-state index in [0.717, 1.165) is 25.7 Å². The molecule has 0 heterocycles. The molecule has 4 heteroatoms. The van der Waals surface area contributed by atoms with Gasteiger partial charge in [-0.15, -0.1) is 0 Å². The van der Waals surface area contributed by atoms with Crippen LogP contribution in [-0.2, 0) is 19.1 Å². The van der Waals surface area contributed by atoms with Crippen LogP contribution < -0.4 is 0 Å². The molecule has 0 spiro atoms. The fourth-order valence-corrected chi connectivity index (χ4v) is 2.47. The third-order valence-electron chi connectivity index (χ3n) is 4.26. The zero-order valence-electron chi connectivity index (χ0n) is 16.3. The first-order valence-electron chi connectivity index (χ1n) is 9.90. The van der Waals surface area contributed by atoms with Gasteiger partial charge in [0.25, 0.3) is 0 Å². The molecule has 2 unspecified atom stereocenters. The quantitative estimate of drug-likeness (QED) is 0.288. The van der Waals surface area contributed by atoms with Gasteiger partial charge in [0.05, 0.1) is 0 Å². The minimum absolute atomic E-state index is 0.193. The molecule has 2 atom stereocenters. The van der Waals surface area contributed by atoms with Crippen LogP contribution in [0.3, 0.4) is 0 Å². The van der Waals surface area contributed by atoms with Crippen molar-refractivity contribution in [3.8, 4) is 0 Å². The average Bonchev–Trinajstić information content (AvgIpc) is 2.54. The van der Waals surface area contributed by atoms with Gasteiger partial charge >= 0.3 is 11.9 Å². The normalized spacial score (nSPS) is 13.3. The molecular formula is C20H38O4. The second kappa shape index (κ2) is 15.5. The Bertz CT molecular complexity index is 296. The summed E-state index contributed by atoms with van der Waals surface area (Å²) >= 11 is 0. The lowest BCUT2D eigenvalue weighted by Gasteiger charge is -2.21. The van der Waals surface area contributed by atoms with Gasteiger partial charge in [0.15, 0.2) is 0 Å². The lowest BCUT2D eigenvalue weighted by Crippen LogP contribution is -2.30. The molecule has 0 aromatic heterocycles. The van der Waals surface area contributed by atoms with Gasteiger partial charge in [-0.2, -0.15) is 0 Å². The van der Waals surface area contributed by atoms with Crippen LogP contribution in [0, 0.1) is 0 Å². The highest BCUT2D eigenvalue weighted by Crippen LogP contribution is 2.11. The maximum absolute atomic E-state index is 11.8. The molecule has 0 rings (SSSR count). The molecule has 0 radical (unpaired) electrons. The van der Waals surface area contributed by atoms with Crippen molar-refractivity contribution in [2.24, 2.45) is 0 Å². The van der Waals surface area contributed by atoms with Crippen molar-refractivity contribution in [3.05, 3.63) is 0 Å². The third kappa shape index (κ3) is 13.4.